The van der Waals surface area contributed by atoms with Crippen molar-refractivity contribution in [2.45, 2.75) is 59.8 Å². The van der Waals surface area contributed by atoms with E-state index in [9.17, 15) is 14.7 Å². The molecule has 2 aliphatic rings. The van der Waals surface area contributed by atoms with Crippen LogP contribution in [0.2, 0.25) is 0 Å². The second kappa shape index (κ2) is 6.59. The number of rotatable bonds is 3. The molecule has 1 aliphatic heterocycles. The molecule has 1 heterocycles. The molecule has 2 rings (SSSR count). The van der Waals surface area contributed by atoms with Crippen molar-refractivity contribution in [1.82, 2.24) is 4.90 Å². The third kappa shape index (κ3) is 4.23. The van der Waals surface area contributed by atoms with Crippen LogP contribution in [-0.4, -0.2) is 35.0 Å². The normalized spacial score (nSPS) is 35.2. The van der Waals surface area contributed by atoms with Crippen LogP contribution in [0.3, 0.4) is 0 Å². The molecule has 0 spiro atoms. The number of hydrogen-bond donors (Lipinski definition) is 1. The van der Waals surface area contributed by atoms with E-state index in [4.69, 9.17) is 0 Å². The second-order valence-corrected chi connectivity index (χ2v) is 8.53. The summed E-state index contributed by atoms with van der Waals surface area (Å²) in [6, 6.07) is 0. The Kier molecular flexibility index (Phi) is 5.18. The maximum atomic E-state index is 12.6. The number of likely N-dealkylation sites (tertiary alicyclic amines) is 1. The summed E-state index contributed by atoms with van der Waals surface area (Å²) in [7, 11) is 0. The highest BCUT2D eigenvalue weighted by Gasteiger charge is 2.36. The zero-order chi connectivity index (χ0) is 16.5. The molecule has 0 aromatic heterocycles. The van der Waals surface area contributed by atoms with Crippen molar-refractivity contribution in [2.24, 2.45) is 29.1 Å². The van der Waals surface area contributed by atoms with Crippen LogP contribution in [0.5, 0.6) is 0 Å². The number of carboxylic acid groups (broad SMARTS) is 1. The molecule has 0 radical (unpaired) electrons. The number of aliphatic carboxylic acids is 1. The third-order valence-corrected chi connectivity index (χ3v) is 5.52. The summed E-state index contributed by atoms with van der Waals surface area (Å²) >= 11 is 0. The van der Waals surface area contributed by atoms with Gasteiger partial charge >= 0.3 is 5.97 Å². The van der Waals surface area contributed by atoms with Gasteiger partial charge in [-0.1, -0.05) is 27.7 Å². The number of carboxylic acids is 1. The van der Waals surface area contributed by atoms with Crippen LogP contribution in [0.25, 0.3) is 0 Å². The van der Waals surface area contributed by atoms with Crippen molar-refractivity contribution >= 4 is 11.9 Å². The maximum Gasteiger partial charge on any atom is 0.306 e. The van der Waals surface area contributed by atoms with Crippen LogP contribution in [0.4, 0.5) is 0 Å². The fourth-order valence-electron chi connectivity index (χ4n) is 4.81. The monoisotopic (exact) mass is 309 g/mol. The zero-order valence-corrected chi connectivity index (χ0v) is 14.5. The summed E-state index contributed by atoms with van der Waals surface area (Å²) in [6.07, 6.45) is 4.76. The molecule has 2 fully saturated rings. The minimum absolute atomic E-state index is 0.0527. The summed E-state index contributed by atoms with van der Waals surface area (Å²) in [6.45, 7) is 10.1. The van der Waals surface area contributed by atoms with Gasteiger partial charge in [0.2, 0.25) is 5.91 Å². The lowest BCUT2D eigenvalue weighted by atomic mass is 9.67. The van der Waals surface area contributed by atoms with Crippen molar-refractivity contribution in [3.8, 4) is 0 Å². The number of nitrogens with zero attached hydrogens (tertiary/aromatic N) is 1. The largest absolute Gasteiger partial charge is 0.481 e. The molecule has 126 valence electrons. The standard InChI is InChI=1S/C18H31NO3/c1-12-7-14(10-18(3,4)9-12)8-16(20)19-6-5-15(17(21)22)13(2)11-19/h12-15H,5-11H2,1-4H3,(H,21,22). The molecule has 22 heavy (non-hydrogen) atoms. The van der Waals surface area contributed by atoms with Gasteiger partial charge in [0.25, 0.3) is 0 Å². The number of carbonyl (C=O) groups excluding carboxylic acids is 1. The van der Waals surface area contributed by atoms with Crippen molar-refractivity contribution in [3.05, 3.63) is 0 Å². The lowest BCUT2D eigenvalue weighted by molar-refractivity contribution is -0.148. The molecule has 0 aromatic carbocycles. The Morgan fingerprint density at radius 3 is 2.45 bits per heavy atom. The number of piperidine rings is 1. The third-order valence-electron chi connectivity index (χ3n) is 5.52. The van der Waals surface area contributed by atoms with Gasteiger partial charge in [-0.2, -0.15) is 0 Å². The van der Waals surface area contributed by atoms with Crippen molar-refractivity contribution < 1.29 is 14.7 Å². The van der Waals surface area contributed by atoms with Gasteiger partial charge < -0.3 is 10.0 Å². The zero-order valence-electron chi connectivity index (χ0n) is 14.5. The molecule has 4 atom stereocenters. The molecule has 0 bridgehead atoms. The van der Waals surface area contributed by atoms with Gasteiger partial charge in [0.15, 0.2) is 0 Å². The van der Waals surface area contributed by atoms with Gasteiger partial charge in [-0.05, 0) is 48.9 Å². The highest BCUT2D eigenvalue weighted by Crippen LogP contribution is 2.43. The smallest absolute Gasteiger partial charge is 0.306 e. The van der Waals surface area contributed by atoms with Crippen molar-refractivity contribution in [2.75, 3.05) is 13.1 Å². The predicted octanol–water partition coefficient (Wildman–Crippen LogP) is 3.41. The van der Waals surface area contributed by atoms with Gasteiger partial charge in [-0.15, -0.1) is 0 Å². The van der Waals surface area contributed by atoms with Gasteiger partial charge in [0, 0.05) is 19.5 Å². The van der Waals surface area contributed by atoms with E-state index in [1.807, 2.05) is 11.8 Å². The van der Waals surface area contributed by atoms with Crippen LogP contribution in [0.15, 0.2) is 0 Å². The second-order valence-electron chi connectivity index (χ2n) is 8.53. The fraction of sp³-hybridized carbons (Fsp3) is 0.889. The minimum atomic E-state index is -0.720. The first-order valence-corrected chi connectivity index (χ1v) is 8.68. The van der Waals surface area contributed by atoms with Gasteiger partial charge in [-0.3, -0.25) is 9.59 Å². The fourth-order valence-corrected chi connectivity index (χ4v) is 4.81. The van der Waals surface area contributed by atoms with E-state index < -0.39 is 5.97 Å². The molecule has 4 heteroatoms. The Labute approximate surface area is 134 Å². The van der Waals surface area contributed by atoms with E-state index in [1.165, 1.54) is 6.42 Å². The van der Waals surface area contributed by atoms with Gasteiger partial charge in [0.05, 0.1) is 5.92 Å². The summed E-state index contributed by atoms with van der Waals surface area (Å²) in [4.78, 5) is 25.6. The van der Waals surface area contributed by atoms with E-state index in [-0.39, 0.29) is 17.7 Å². The molecule has 4 unspecified atom stereocenters. The number of hydrogen-bond acceptors (Lipinski definition) is 2. The first kappa shape index (κ1) is 17.3. The highest BCUT2D eigenvalue weighted by molar-refractivity contribution is 5.77. The quantitative estimate of drug-likeness (QED) is 0.869. The summed E-state index contributed by atoms with van der Waals surface area (Å²) in [5.41, 5.74) is 0.339. The van der Waals surface area contributed by atoms with E-state index in [0.29, 0.717) is 43.2 Å². The van der Waals surface area contributed by atoms with Crippen LogP contribution in [0, 0.1) is 29.1 Å². The molecular formula is C18H31NO3. The lowest BCUT2D eigenvalue weighted by Gasteiger charge is -2.40. The maximum absolute atomic E-state index is 12.6. The van der Waals surface area contributed by atoms with E-state index in [2.05, 4.69) is 20.8 Å². The summed E-state index contributed by atoms with van der Waals surface area (Å²) in [5.74, 6) is 0.444. The Morgan fingerprint density at radius 2 is 1.91 bits per heavy atom. The molecule has 1 amide bonds. The number of carbonyl (C=O) groups is 2. The minimum Gasteiger partial charge on any atom is -0.481 e. The first-order valence-electron chi connectivity index (χ1n) is 8.68. The van der Waals surface area contributed by atoms with Crippen LogP contribution < -0.4 is 0 Å². The molecule has 4 nitrogen and oxygen atoms in total. The molecule has 1 aliphatic carbocycles. The molecule has 1 saturated carbocycles. The van der Waals surface area contributed by atoms with Gasteiger partial charge in [0.1, 0.15) is 0 Å². The molecular weight excluding hydrogens is 278 g/mol. The predicted molar refractivity (Wildman–Crippen MR) is 86.4 cm³/mol. The van der Waals surface area contributed by atoms with Gasteiger partial charge in [-0.25, -0.2) is 0 Å². The SMILES string of the molecule is CC1CC(CC(=O)N2CCC(C(=O)O)C(C)C2)CC(C)(C)C1. The lowest BCUT2D eigenvalue weighted by Crippen LogP contribution is -2.45. The topological polar surface area (TPSA) is 57.6 Å². The van der Waals surface area contributed by atoms with Crippen molar-refractivity contribution in [1.29, 1.82) is 0 Å². The number of amides is 1. The molecule has 1 saturated heterocycles. The molecule has 1 N–H and O–H groups in total. The average Bonchev–Trinajstić information content (AvgIpc) is 2.35. The molecule has 0 aromatic rings. The van der Waals surface area contributed by atoms with Crippen molar-refractivity contribution in [3.63, 3.8) is 0 Å². The summed E-state index contributed by atoms with van der Waals surface area (Å²) < 4.78 is 0. The first-order chi connectivity index (χ1) is 10.2. The Bertz CT molecular complexity index is 432. The Hall–Kier alpha value is -1.06. The highest BCUT2D eigenvalue weighted by atomic mass is 16.4. The Morgan fingerprint density at radius 1 is 1.23 bits per heavy atom. The van der Waals surface area contributed by atoms with Crippen LogP contribution in [-0.2, 0) is 9.59 Å². The average molecular weight is 309 g/mol. The van der Waals surface area contributed by atoms with E-state index >= 15 is 0 Å². The van der Waals surface area contributed by atoms with Crippen LogP contribution in [0.1, 0.15) is 59.8 Å². The van der Waals surface area contributed by atoms with E-state index in [0.717, 1.165) is 12.8 Å². The Balaban J connectivity index is 1.89. The van der Waals surface area contributed by atoms with E-state index in [1.54, 1.807) is 0 Å². The van der Waals surface area contributed by atoms with Crippen LogP contribution >= 0.6 is 0 Å². The summed E-state index contributed by atoms with van der Waals surface area (Å²) in [5, 5.41) is 9.18.